The summed E-state index contributed by atoms with van der Waals surface area (Å²) >= 11 is 6.12. The van der Waals surface area contributed by atoms with Gasteiger partial charge in [0.2, 0.25) is 5.89 Å². The lowest BCUT2D eigenvalue weighted by atomic mass is 10.1. The Hall–Kier alpha value is -2.70. The van der Waals surface area contributed by atoms with Gasteiger partial charge in [0.15, 0.2) is 5.69 Å². The molecule has 1 N–H and O–H groups in total. The molecular weight excluding hydrogens is 405 g/mol. The number of nitrogens with zero attached hydrogens (tertiary/aromatic N) is 2. The molecule has 2 aromatic carbocycles. The standard InChI is InChI=1S/C23H25ClFN3O2/c1-16(2)11-26-23(29)21-15-30-22(27-21)14-28(12-17-6-8-20(25)9-7-17)13-18-4-3-5-19(24)10-18/h3-10,15-16H,11-14H2,1-2H3,(H,26,29). The van der Waals surface area contributed by atoms with Crippen LogP contribution in [0.4, 0.5) is 4.39 Å². The van der Waals surface area contributed by atoms with Gasteiger partial charge >= 0.3 is 0 Å². The summed E-state index contributed by atoms with van der Waals surface area (Å²) in [7, 11) is 0. The van der Waals surface area contributed by atoms with E-state index in [1.165, 1.54) is 18.4 Å². The van der Waals surface area contributed by atoms with Crippen molar-refractivity contribution in [2.75, 3.05) is 6.54 Å². The molecular formula is C23H25ClFN3O2. The third-order valence-corrected chi connectivity index (χ3v) is 4.66. The maximum Gasteiger partial charge on any atom is 0.273 e. The number of hydrogen-bond donors (Lipinski definition) is 1. The number of nitrogens with one attached hydrogen (secondary N) is 1. The fourth-order valence-corrected chi connectivity index (χ4v) is 3.19. The number of oxazole rings is 1. The molecule has 0 spiro atoms. The zero-order valence-electron chi connectivity index (χ0n) is 17.1. The second-order valence-electron chi connectivity index (χ2n) is 7.63. The van der Waals surface area contributed by atoms with Crippen LogP contribution in [-0.2, 0) is 19.6 Å². The molecule has 0 unspecified atom stereocenters. The van der Waals surface area contributed by atoms with Gasteiger partial charge < -0.3 is 9.73 Å². The summed E-state index contributed by atoms with van der Waals surface area (Å²) in [6.45, 7) is 6.17. The first kappa shape index (κ1) is 22.0. The summed E-state index contributed by atoms with van der Waals surface area (Å²) in [6, 6.07) is 14.0. The lowest BCUT2D eigenvalue weighted by Crippen LogP contribution is -2.27. The molecule has 3 aromatic rings. The molecule has 0 saturated heterocycles. The van der Waals surface area contributed by atoms with Crippen molar-refractivity contribution < 1.29 is 13.6 Å². The van der Waals surface area contributed by atoms with Crippen LogP contribution in [-0.4, -0.2) is 22.3 Å². The Balaban J connectivity index is 1.73. The summed E-state index contributed by atoms with van der Waals surface area (Å²) in [5.41, 5.74) is 2.25. The van der Waals surface area contributed by atoms with Gasteiger partial charge in [0.05, 0.1) is 6.54 Å². The van der Waals surface area contributed by atoms with Crippen LogP contribution < -0.4 is 5.32 Å². The van der Waals surface area contributed by atoms with Gasteiger partial charge in [-0.1, -0.05) is 49.7 Å². The largest absolute Gasteiger partial charge is 0.447 e. The fraction of sp³-hybridized carbons (Fsp3) is 0.304. The predicted molar refractivity (Wildman–Crippen MR) is 114 cm³/mol. The van der Waals surface area contributed by atoms with Crippen molar-refractivity contribution in [3.63, 3.8) is 0 Å². The van der Waals surface area contributed by atoms with Crippen LogP contribution in [0.2, 0.25) is 5.02 Å². The molecule has 0 fully saturated rings. The Labute approximate surface area is 180 Å². The molecule has 0 atom stereocenters. The van der Waals surface area contributed by atoms with Crippen molar-refractivity contribution in [3.8, 4) is 0 Å². The Morgan fingerprint density at radius 1 is 1.13 bits per heavy atom. The minimum absolute atomic E-state index is 0.251. The van der Waals surface area contributed by atoms with Crippen LogP contribution in [0.15, 0.2) is 59.2 Å². The molecule has 1 amide bonds. The zero-order valence-corrected chi connectivity index (χ0v) is 17.8. The summed E-state index contributed by atoms with van der Waals surface area (Å²) in [4.78, 5) is 18.6. The van der Waals surface area contributed by atoms with E-state index in [1.54, 1.807) is 12.1 Å². The lowest BCUT2D eigenvalue weighted by Gasteiger charge is -2.21. The average molecular weight is 430 g/mol. The quantitative estimate of drug-likeness (QED) is 0.516. The van der Waals surface area contributed by atoms with Gasteiger partial charge in [-0.2, -0.15) is 0 Å². The maximum absolute atomic E-state index is 13.3. The van der Waals surface area contributed by atoms with E-state index in [2.05, 4.69) is 15.2 Å². The van der Waals surface area contributed by atoms with Crippen LogP contribution in [0, 0.1) is 11.7 Å². The molecule has 7 heteroatoms. The fourth-order valence-electron chi connectivity index (χ4n) is 2.98. The Kier molecular flexibility index (Phi) is 7.60. The first-order chi connectivity index (χ1) is 14.4. The van der Waals surface area contributed by atoms with E-state index in [1.807, 2.05) is 38.1 Å². The Bertz CT molecular complexity index is 973. The van der Waals surface area contributed by atoms with Gasteiger partial charge in [-0.15, -0.1) is 0 Å². The molecule has 3 rings (SSSR count). The highest BCUT2D eigenvalue weighted by atomic mass is 35.5. The molecule has 158 valence electrons. The van der Waals surface area contributed by atoms with Crippen molar-refractivity contribution in [1.82, 2.24) is 15.2 Å². The highest BCUT2D eigenvalue weighted by Gasteiger charge is 2.16. The highest BCUT2D eigenvalue weighted by molar-refractivity contribution is 6.30. The van der Waals surface area contributed by atoms with Gasteiger partial charge in [-0.05, 0) is 41.3 Å². The van der Waals surface area contributed by atoms with E-state index < -0.39 is 0 Å². The Morgan fingerprint density at radius 3 is 2.57 bits per heavy atom. The van der Waals surface area contributed by atoms with Crippen LogP contribution in [0.3, 0.4) is 0 Å². The van der Waals surface area contributed by atoms with Crippen molar-refractivity contribution in [3.05, 3.63) is 88.3 Å². The van der Waals surface area contributed by atoms with Gasteiger partial charge in [0, 0.05) is 24.7 Å². The molecule has 5 nitrogen and oxygen atoms in total. The third-order valence-electron chi connectivity index (χ3n) is 4.43. The van der Waals surface area contributed by atoms with Crippen molar-refractivity contribution >= 4 is 17.5 Å². The van der Waals surface area contributed by atoms with E-state index in [4.69, 9.17) is 16.0 Å². The van der Waals surface area contributed by atoms with E-state index >= 15 is 0 Å². The molecule has 1 aromatic heterocycles. The number of hydrogen-bond acceptors (Lipinski definition) is 4. The van der Waals surface area contributed by atoms with E-state index in [0.717, 1.165) is 11.1 Å². The van der Waals surface area contributed by atoms with Crippen molar-refractivity contribution in [2.45, 2.75) is 33.5 Å². The summed E-state index contributed by atoms with van der Waals surface area (Å²) in [5, 5.41) is 3.49. The number of aromatic nitrogens is 1. The Morgan fingerprint density at radius 2 is 1.87 bits per heavy atom. The molecule has 0 aliphatic heterocycles. The van der Waals surface area contributed by atoms with Gasteiger partial charge in [0.1, 0.15) is 12.1 Å². The molecule has 0 saturated carbocycles. The van der Waals surface area contributed by atoms with Crippen LogP contribution >= 0.6 is 11.6 Å². The second-order valence-corrected chi connectivity index (χ2v) is 8.07. The van der Waals surface area contributed by atoms with E-state index in [9.17, 15) is 9.18 Å². The topological polar surface area (TPSA) is 58.4 Å². The number of rotatable bonds is 9. The average Bonchev–Trinajstić information content (AvgIpc) is 3.16. The minimum atomic E-state index is -0.273. The smallest absolute Gasteiger partial charge is 0.273 e. The van der Waals surface area contributed by atoms with Crippen LogP contribution in [0.1, 0.15) is 41.4 Å². The summed E-state index contributed by atoms with van der Waals surface area (Å²) in [5.74, 6) is 0.265. The van der Waals surface area contributed by atoms with Crippen molar-refractivity contribution in [1.29, 1.82) is 0 Å². The zero-order chi connectivity index (χ0) is 21.5. The first-order valence-corrected chi connectivity index (χ1v) is 10.2. The molecule has 0 bridgehead atoms. The molecule has 1 heterocycles. The predicted octanol–water partition coefficient (Wildman–Crippen LogP) is 5.06. The maximum atomic E-state index is 13.3. The number of carbonyl (C=O) groups excluding carboxylic acids is 1. The first-order valence-electron chi connectivity index (χ1n) is 9.83. The van der Waals surface area contributed by atoms with Gasteiger partial charge in [-0.3, -0.25) is 9.69 Å². The van der Waals surface area contributed by atoms with Gasteiger partial charge in [-0.25, -0.2) is 9.37 Å². The van der Waals surface area contributed by atoms with E-state index in [0.29, 0.717) is 43.0 Å². The van der Waals surface area contributed by atoms with Crippen LogP contribution in [0.5, 0.6) is 0 Å². The normalized spacial score (nSPS) is 11.3. The van der Waals surface area contributed by atoms with E-state index in [-0.39, 0.29) is 17.4 Å². The number of amides is 1. The molecule has 0 aliphatic carbocycles. The molecule has 0 aliphatic rings. The van der Waals surface area contributed by atoms with Crippen LogP contribution in [0.25, 0.3) is 0 Å². The summed E-state index contributed by atoms with van der Waals surface area (Å²) < 4.78 is 18.8. The SMILES string of the molecule is CC(C)CNC(=O)c1coc(CN(Cc2ccc(F)cc2)Cc2cccc(Cl)c2)n1. The number of carbonyl (C=O) groups is 1. The number of benzene rings is 2. The van der Waals surface area contributed by atoms with Crippen molar-refractivity contribution in [2.24, 2.45) is 5.92 Å². The monoisotopic (exact) mass is 429 g/mol. The lowest BCUT2D eigenvalue weighted by molar-refractivity contribution is 0.0944. The number of halogens is 2. The molecule has 0 radical (unpaired) electrons. The van der Waals surface area contributed by atoms with Gasteiger partial charge in [0.25, 0.3) is 5.91 Å². The minimum Gasteiger partial charge on any atom is -0.447 e. The third kappa shape index (κ3) is 6.68. The summed E-state index contributed by atoms with van der Waals surface area (Å²) in [6.07, 6.45) is 1.38. The second kappa shape index (κ2) is 10.4. The highest BCUT2D eigenvalue weighted by Crippen LogP contribution is 2.17. The molecule has 30 heavy (non-hydrogen) atoms.